The van der Waals surface area contributed by atoms with Crippen LogP contribution in [0.4, 0.5) is 16.4 Å². The van der Waals surface area contributed by atoms with Crippen molar-refractivity contribution in [2.24, 2.45) is 5.92 Å². The molecule has 1 saturated heterocycles. The fourth-order valence-electron chi connectivity index (χ4n) is 4.30. The van der Waals surface area contributed by atoms with Gasteiger partial charge in [0.25, 0.3) is 0 Å². The second-order valence-corrected chi connectivity index (χ2v) is 8.58. The second kappa shape index (κ2) is 7.30. The zero-order valence-corrected chi connectivity index (χ0v) is 16.8. The number of para-hydroxylation sites is 1. The van der Waals surface area contributed by atoms with Crippen LogP contribution in [-0.4, -0.2) is 47.1 Å². The van der Waals surface area contributed by atoms with Crippen molar-refractivity contribution in [1.29, 1.82) is 0 Å². The molecule has 3 heterocycles. The Bertz CT molecular complexity index is 929. The summed E-state index contributed by atoms with van der Waals surface area (Å²) in [5.74, 6) is 1.46. The van der Waals surface area contributed by atoms with Gasteiger partial charge in [0.2, 0.25) is 5.95 Å². The molecule has 2 aliphatic heterocycles. The van der Waals surface area contributed by atoms with Crippen molar-refractivity contribution in [3.05, 3.63) is 47.3 Å². The highest BCUT2D eigenvalue weighted by atomic mass is 16.5. The van der Waals surface area contributed by atoms with E-state index in [4.69, 9.17) is 9.72 Å². The maximum atomic E-state index is 12.9. The Morgan fingerprint density at radius 2 is 2.21 bits per heavy atom. The molecule has 3 aliphatic rings. The molecule has 1 saturated carbocycles. The molecule has 2 amide bonds. The molecule has 152 valence electrons. The van der Waals surface area contributed by atoms with Gasteiger partial charge < -0.3 is 20.3 Å². The van der Waals surface area contributed by atoms with Crippen LogP contribution in [0.3, 0.4) is 0 Å². The van der Waals surface area contributed by atoms with Gasteiger partial charge in [-0.3, -0.25) is 0 Å². The lowest BCUT2D eigenvalue weighted by Gasteiger charge is -2.34. The lowest BCUT2D eigenvalue weighted by molar-refractivity contribution is 0.0521. The number of hydrogen-bond acceptors (Lipinski definition) is 5. The van der Waals surface area contributed by atoms with Crippen molar-refractivity contribution in [2.75, 3.05) is 36.9 Å². The smallest absolute Gasteiger partial charge is 0.321 e. The van der Waals surface area contributed by atoms with Gasteiger partial charge in [0, 0.05) is 37.1 Å². The first-order valence-corrected chi connectivity index (χ1v) is 10.4. The number of carbonyl (C=O) groups is 1. The SMILES string of the molecule is Cc1ccccc1NC(=O)N1CCC2(COCc3cnc(NCC4CC4)nc32)C1. The number of urea groups is 1. The standard InChI is InChI=1S/C22H27N5O2/c1-15-4-2-3-5-18(15)25-21(28)27-9-8-22(13-27)14-29-12-17-11-24-20(26-19(17)22)23-10-16-6-7-16/h2-5,11,16H,6-10,12-14H2,1H3,(H,25,28)(H,23,24,26). The maximum absolute atomic E-state index is 12.9. The van der Waals surface area contributed by atoms with Crippen LogP contribution in [0.15, 0.2) is 30.5 Å². The third kappa shape index (κ3) is 3.67. The average Bonchev–Trinajstić information content (AvgIpc) is 3.47. The number of nitrogens with zero attached hydrogens (tertiary/aromatic N) is 3. The Kier molecular flexibility index (Phi) is 4.62. The number of aryl methyl sites for hydroxylation is 1. The molecule has 1 unspecified atom stereocenters. The van der Waals surface area contributed by atoms with Gasteiger partial charge in [0.15, 0.2) is 0 Å². The van der Waals surface area contributed by atoms with Crippen molar-refractivity contribution in [2.45, 2.75) is 38.2 Å². The minimum atomic E-state index is -0.254. The molecule has 7 heteroatoms. The van der Waals surface area contributed by atoms with Crippen LogP contribution in [0.2, 0.25) is 0 Å². The minimum Gasteiger partial charge on any atom is -0.376 e. The Hall–Kier alpha value is -2.67. The number of amides is 2. The molecule has 2 fully saturated rings. The highest BCUT2D eigenvalue weighted by Gasteiger charge is 2.46. The van der Waals surface area contributed by atoms with Crippen LogP contribution in [0, 0.1) is 12.8 Å². The molecule has 1 spiro atoms. The predicted octanol–water partition coefficient (Wildman–Crippen LogP) is 3.31. The summed E-state index contributed by atoms with van der Waals surface area (Å²) in [5, 5.41) is 6.43. The zero-order chi connectivity index (χ0) is 19.8. The molecule has 1 aromatic carbocycles. The van der Waals surface area contributed by atoms with E-state index in [0.717, 1.165) is 41.4 Å². The molecule has 5 rings (SSSR count). The van der Waals surface area contributed by atoms with E-state index in [1.807, 2.05) is 42.3 Å². The molecular weight excluding hydrogens is 366 g/mol. The predicted molar refractivity (Wildman–Crippen MR) is 111 cm³/mol. The van der Waals surface area contributed by atoms with Gasteiger partial charge in [0.1, 0.15) is 0 Å². The lowest BCUT2D eigenvalue weighted by atomic mass is 9.81. The van der Waals surface area contributed by atoms with E-state index >= 15 is 0 Å². The number of aromatic nitrogens is 2. The van der Waals surface area contributed by atoms with E-state index < -0.39 is 0 Å². The topological polar surface area (TPSA) is 79.4 Å². The fraction of sp³-hybridized carbons (Fsp3) is 0.500. The van der Waals surface area contributed by atoms with Gasteiger partial charge in [-0.05, 0) is 43.7 Å². The van der Waals surface area contributed by atoms with Crippen LogP contribution < -0.4 is 10.6 Å². The molecular formula is C22H27N5O2. The highest BCUT2D eigenvalue weighted by Crippen LogP contribution is 2.39. The molecule has 1 aromatic heterocycles. The first-order valence-electron chi connectivity index (χ1n) is 10.4. The Labute approximate surface area is 170 Å². The van der Waals surface area contributed by atoms with Crippen LogP contribution in [-0.2, 0) is 16.8 Å². The van der Waals surface area contributed by atoms with Crippen molar-refractivity contribution < 1.29 is 9.53 Å². The summed E-state index contributed by atoms with van der Waals surface area (Å²) in [6.45, 7) is 5.36. The van der Waals surface area contributed by atoms with E-state index in [0.29, 0.717) is 32.3 Å². The summed E-state index contributed by atoms with van der Waals surface area (Å²) in [6, 6.07) is 7.78. The summed E-state index contributed by atoms with van der Waals surface area (Å²) in [4.78, 5) is 24.1. The third-order valence-electron chi connectivity index (χ3n) is 6.28. The summed E-state index contributed by atoms with van der Waals surface area (Å²) >= 11 is 0. The number of rotatable bonds is 4. The first-order chi connectivity index (χ1) is 14.1. The summed E-state index contributed by atoms with van der Waals surface area (Å²) < 4.78 is 5.89. The van der Waals surface area contributed by atoms with Crippen LogP contribution in [0.25, 0.3) is 0 Å². The summed E-state index contributed by atoms with van der Waals surface area (Å²) in [7, 11) is 0. The molecule has 29 heavy (non-hydrogen) atoms. The van der Waals surface area contributed by atoms with Crippen LogP contribution in [0.5, 0.6) is 0 Å². The molecule has 2 N–H and O–H groups in total. The van der Waals surface area contributed by atoms with Crippen molar-refractivity contribution in [3.63, 3.8) is 0 Å². The van der Waals surface area contributed by atoms with Crippen LogP contribution in [0.1, 0.15) is 36.1 Å². The van der Waals surface area contributed by atoms with Crippen molar-refractivity contribution in [3.8, 4) is 0 Å². The van der Waals surface area contributed by atoms with Gasteiger partial charge in [-0.15, -0.1) is 0 Å². The van der Waals surface area contributed by atoms with Gasteiger partial charge in [0.05, 0.1) is 24.3 Å². The summed E-state index contributed by atoms with van der Waals surface area (Å²) in [5.41, 5.74) is 3.74. The largest absolute Gasteiger partial charge is 0.376 e. The second-order valence-electron chi connectivity index (χ2n) is 8.58. The number of hydrogen-bond donors (Lipinski definition) is 2. The fourth-order valence-corrected chi connectivity index (χ4v) is 4.30. The molecule has 0 radical (unpaired) electrons. The minimum absolute atomic E-state index is 0.0653. The van der Waals surface area contributed by atoms with Gasteiger partial charge >= 0.3 is 6.03 Å². The number of carbonyl (C=O) groups excluding carboxylic acids is 1. The molecule has 2 aromatic rings. The average molecular weight is 393 g/mol. The normalized spacial score (nSPS) is 23.1. The van der Waals surface area contributed by atoms with E-state index in [-0.39, 0.29) is 11.4 Å². The number of likely N-dealkylation sites (tertiary alicyclic amines) is 1. The maximum Gasteiger partial charge on any atom is 0.321 e. The van der Waals surface area contributed by atoms with E-state index in [1.54, 1.807) is 0 Å². The summed E-state index contributed by atoms with van der Waals surface area (Å²) in [6.07, 6.45) is 5.32. The zero-order valence-electron chi connectivity index (χ0n) is 16.8. The molecule has 7 nitrogen and oxygen atoms in total. The first kappa shape index (κ1) is 18.4. The van der Waals surface area contributed by atoms with Gasteiger partial charge in [-0.2, -0.15) is 0 Å². The van der Waals surface area contributed by atoms with E-state index in [2.05, 4.69) is 15.6 Å². The van der Waals surface area contributed by atoms with Crippen molar-refractivity contribution >= 4 is 17.7 Å². The third-order valence-corrected chi connectivity index (χ3v) is 6.28. The quantitative estimate of drug-likeness (QED) is 0.833. The lowest BCUT2D eigenvalue weighted by Crippen LogP contribution is -2.42. The van der Waals surface area contributed by atoms with Crippen LogP contribution >= 0.6 is 0 Å². The number of nitrogens with one attached hydrogen (secondary N) is 2. The molecule has 0 bridgehead atoms. The monoisotopic (exact) mass is 393 g/mol. The Morgan fingerprint density at radius 3 is 3.03 bits per heavy atom. The molecule has 1 aliphatic carbocycles. The van der Waals surface area contributed by atoms with Gasteiger partial charge in [-0.1, -0.05) is 18.2 Å². The highest BCUT2D eigenvalue weighted by molar-refractivity contribution is 5.90. The number of benzene rings is 1. The number of anilines is 2. The van der Waals surface area contributed by atoms with E-state index in [1.165, 1.54) is 12.8 Å². The number of ether oxygens (including phenoxy) is 1. The molecule has 1 atom stereocenters. The number of fused-ring (bicyclic) bond motifs is 2. The van der Waals surface area contributed by atoms with Crippen molar-refractivity contribution in [1.82, 2.24) is 14.9 Å². The van der Waals surface area contributed by atoms with Gasteiger partial charge in [-0.25, -0.2) is 14.8 Å². The Morgan fingerprint density at radius 1 is 1.34 bits per heavy atom. The Balaban J connectivity index is 1.33. The van der Waals surface area contributed by atoms with E-state index in [9.17, 15) is 4.79 Å².